The number of benzene rings is 1. The van der Waals surface area contributed by atoms with Crippen LogP contribution in [-0.2, 0) is 11.3 Å². The van der Waals surface area contributed by atoms with Gasteiger partial charge in [-0.2, -0.15) is 0 Å². The summed E-state index contributed by atoms with van der Waals surface area (Å²) in [7, 11) is 2.11. The highest BCUT2D eigenvalue weighted by Gasteiger charge is 2.22. The molecular weight excluding hydrogens is 234 g/mol. The fraction of sp³-hybridized carbons (Fsp3) is 0.500. The molecule has 1 fully saturated rings. The second kappa shape index (κ2) is 5.65. The van der Waals surface area contributed by atoms with Crippen LogP contribution in [-0.4, -0.2) is 23.8 Å². The molecule has 0 bridgehead atoms. The van der Waals surface area contributed by atoms with E-state index >= 15 is 0 Å². The Bertz CT molecular complexity index is 395. The Kier molecular flexibility index (Phi) is 4.19. The molecule has 1 aliphatic carbocycles. The Morgan fingerprint density at radius 3 is 2.59 bits per heavy atom. The van der Waals surface area contributed by atoms with E-state index in [2.05, 4.69) is 18.0 Å². The highest BCUT2D eigenvalue weighted by molar-refractivity contribution is 6.31. The van der Waals surface area contributed by atoms with Crippen LogP contribution in [0.2, 0.25) is 5.02 Å². The van der Waals surface area contributed by atoms with Crippen molar-refractivity contribution < 1.29 is 4.79 Å². The lowest BCUT2D eigenvalue weighted by molar-refractivity contribution is -0.121. The minimum Gasteiger partial charge on any atom is -0.300 e. The van der Waals surface area contributed by atoms with Crippen molar-refractivity contribution in [2.75, 3.05) is 7.05 Å². The Hall–Kier alpha value is -0.860. The number of nitrogens with zero attached hydrogens (tertiary/aromatic N) is 1. The summed E-state index contributed by atoms with van der Waals surface area (Å²) < 4.78 is 0. The Balaban J connectivity index is 1.95. The molecule has 0 unspecified atom stereocenters. The number of hydrogen-bond donors (Lipinski definition) is 0. The maximum atomic E-state index is 11.2. The van der Waals surface area contributed by atoms with E-state index in [1.807, 2.05) is 18.2 Å². The maximum Gasteiger partial charge on any atom is 0.133 e. The number of rotatable bonds is 3. The second-order valence-electron chi connectivity index (χ2n) is 4.78. The topological polar surface area (TPSA) is 20.3 Å². The summed E-state index contributed by atoms with van der Waals surface area (Å²) in [6.45, 7) is 0.860. The fourth-order valence-corrected chi connectivity index (χ4v) is 2.59. The minimum absolute atomic E-state index is 0.410. The molecule has 1 aliphatic rings. The van der Waals surface area contributed by atoms with Crippen LogP contribution in [0.25, 0.3) is 0 Å². The largest absolute Gasteiger partial charge is 0.300 e. The summed E-state index contributed by atoms with van der Waals surface area (Å²) in [4.78, 5) is 13.5. The predicted octanol–water partition coefficient (Wildman–Crippen LogP) is 3.28. The van der Waals surface area contributed by atoms with Gasteiger partial charge in [0.15, 0.2) is 0 Å². The lowest BCUT2D eigenvalue weighted by Gasteiger charge is -2.30. The smallest absolute Gasteiger partial charge is 0.133 e. The summed E-state index contributed by atoms with van der Waals surface area (Å²) in [5, 5.41) is 0.825. The number of carbonyl (C=O) groups is 1. The van der Waals surface area contributed by atoms with E-state index in [-0.39, 0.29) is 0 Å². The van der Waals surface area contributed by atoms with Gasteiger partial charge in [0.2, 0.25) is 0 Å². The number of carbonyl (C=O) groups excluding carboxylic acids is 1. The van der Waals surface area contributed by atoms with Crippen LogP contribution in [0.5, 0.6) is 0 Å². The molecule has 0 aromatic heterocycles. The van der Waals surface area contributed by atoms with Crippen molar-refractivity contribution in [2.45, 2.75) is 38.3 Å². The van der Waals surface area contributed by atoms with Gasteiger partial charge in [-0.15, -0.1) is 0 Å². The van der Waals surface area contributed by atoms with Crippen molar-refractivity contribution in [3.8, 4) is 0 Å². The van der Waals surface area contributed by atoms with E-state index in [1.165, 1.54) is 0 Å². The summed E-state index contributed by atoms with van der Waals surface area (Å²) in [6, 6.07) is 8.47. The Morgan fingerprint density at radius 2 is 1.94 bits per heavy atom. The van der Waals surface area contributed by atoms with E-state index in [4.69, 9.17) is 11.6 Å². The molecule has 3 heteroatoms. The van der Waals surface area contributed by atoms with Crippen LogP contribution in [0, 0.1) is 0 Å². The molecule has 1 aromatic rings. The molecule has 0 N–H and O–H groups in total. The number of Topliss-reactive ketones (excluding diaryl/α,β-unsaturated/α-hetero) is 1. The Morgan fingerprint density at radius 1 is 1.29 bits per heavy atom. The zero-order valence-corrected chi connectivity index (χ0v) is 10.9. The first-order valence-electron chi connectivity index (χ1n) is 6.12. The molecule has 17 heavy (non-hydrogen) atoms. The molecule has 92 valence electrons. The number of halogens is 1. The van der Waals surface area contributed by atoms with Crippen LogP contribution in [0.3, 0.4) is 0 Å². The monoisotopic (exact) mass is 251 g/mol. The zero-order valence-electron chi connectivity index (χ0n) is 10.2. The van der Waals surface area contributed by atoms with Gasteiger partial charge >= 0.3 is 0 Å². The molecule has 2 rings (SSSR count). The van der Waals surface area contributed by atoms with Gasteiger partial charge in [0.1, 0.15) is 5.78 Å². The molecular formula is C14H18ClNO. The molecule has 0 radical (unpaired) electrons. The average molecular weight is 252 g/mol. The molecule has 0 saturated heterocycles. The Labute approximate surface area is 108 Å². The molecule has 0 heterocycles. The summed E-state index contributed by atoms with van der Waals surface area (Å²) >= 11 is 6.15. The van der Waals surface area contributed by atoms with E-state index in [9.17, 15) is 4.79 Å². The number of hydrogen-bond acceptors (Lipinski definition) is 2. The van der Waals surface area contributed by atoms with Crippen molar-refractivity contribution in [1.82, 2.24) is 4.90 Å². The standard InChI is InChI=1S/C14H18ClNO/c1-16(12-6-8-13(17)9-7-12)10-11-4-2-3-5-14(11)15/h2-5,12H,6-10H2,1H3. The molecule has 2 nitrogen and oxygen atoms in total. The van der Waals surface area contributed by atoms with Crippen LogP contribution in [0.15, 0.2) is 24.3 Å². The average Bonchev–Trinajstić information content (AvgIpc) is 2.33. The quantitative estimate of drug-likeness (QED) is 0.822. The van der Waals surface area contributed by atoms with Gasteiger partial charge in [0, 0.05) is 30.5 Å². The number of ketones is 1. The lowest BCUT2D eigenvalue weighted by atomic mass is 9.93. The van der Waals surface area contributed by atoms with E-state index in [1.54, 1.807) is 0 Å². The normalized spacial score (nSPS) is 17.7. The molecule has 0 spiro atoms. The van der Waals surface area contributed by atoms with Crippen molar-refractivity contribution in [3.63, 3.8) is 0 Å². The maximum absolute atomic E-state index is 11.2. The SMILES string of the molecule is CN(Cc1ccccc1Cl)C1CCC(=O)CC1. The van der Waals surface area contributed by atoms with Crippen LogP contribution >= 0.6 is 11.6 Å². The first-order valence-corrected chi connectivity index (χ1v) is 6.50. The predicted molar refractivity (Wildman–Crippen MR) is 70.2 cm³/mol. The van der Waals surface area contributed by atoms with Gasteiger partial charge in [0.25, 0.3) is 0 Å². The molecule has 0 aliphatic heterocycles. The van der Waals surface area contributed by atoms with Gasteiger partial charge in [0.05, 0.1) is 0 Å². The molecule has 1 saturated carbocycles. The highest BCUT2D eigenvalue weighted by atomic mass is 35.5. The molecule has 0 atom stereocenters. The summed E-state index contributed by atoms with van der Waals surface area (Å²) in [6.07, 6.45) is 3.44. The van der Waals surface area contributed by atoms with Gasteiger partial charge in [-0.1, -0.05) is 29.8 Å². The summed E-state index contributed by atoms with van der Waals surface area (Å²) in [5.41, 5.74) is 1.16. The zero-order chi connectivity index (χ0) is 12.3. The fourth-order valence-electron chi connectivity index (χ4n) is 2.39. The second-order valence-corrected chi connectivity index (χ2v) is 5.18. The summed E-state index contributed by atoms with van der Waals surface area (Å²) in [5.74, 6) is 0.410. The first-order chi connectivity index (χ1) is 8.16. The third-order valence-electron chi connectivity index (χ3n) is 3.51. The van der Waals surface area contributed by atoms with Gasteiger partial charge in [-0.25, -0.2) is 0 Å². The molecule has 0 amide bonds. The van der Waals surface area contributed by atoms with E-state index in [0.29, 0.717) is 11.8 Å². The van der Waals surface area contributed by atoms with Crippen molar-refractivity contribution >= 4 is 17.4 Å². The highest BCUT2D eigenvalue weighted by Crippen LogP contribution is 2.23. The van der Waals surface area contributed by atoms with Crippen LogP contribution in [0.4, 0.5) is 0 Å². The van der Waals surface area contributed by atoms with Gasteiger partial charge in [-0.3, -0.25) is 9.69 Å². The minimum atomic E-state index is 0.410. The van der Waals surface area contributed by atoms with E-state index in [0.717, 1.165) is 42.8 Å². The van der Waals surface area contributed by atoms with Crippen molar-refractivity contribution in [1.29, 1.82) is 0 Å². The van der Waals surface area contributed by atoms with E-state index < -0.39 is 0 Å². The van der Waals surface area contributed by atoms with Gasteiger partial charge < -0.3 is 0 Å². The first kappa shape index (κ1) is 12.6. The van der Waals surface area contributed by atoms with Crippen molar-refractivity contribution in [2.24, 2.45) is 0 Å². The third kappa shape index (κ3) is 3.30. The van der Waals surface area contributed by atoms with Crippen LogP contribution < -0.4 is 0 Å². The van der Waals surface area contributed by atoms with Crippen LogP contribution in [0.1, 0.15) is 31.2 Å². The third-order valence-corrected chi connectivity index (χ3v) is 3.88. The van der Waals surface area contributed by atoms with Crippen molar-refractivity contribution in [3.05, 3.63) is 34.9 Å². The lowest BCUT2D eigenvalue weighted by Crippen LogP contribution is -2.34. The molecule has 1 aromatic carbocycles. The van der Waals surface area contributed by atoms with Gasteiger partial charge in [-0.05, 0) is 31.5 Å².